The number of hydrogen-bond acceptors (Lipinski definition) is 2. The zero-order chi connectivity index (χ0) is 24.6. The van der Waals surface area contributed by atoms with E-state index in [1.165, 1.54) is 16.7 Å². The molecule has 2 amide bonds. The van der Waals surface area contributed by atoms with Gasteiger partial charge in [0.05, 0.1) is 12.5 Å². The second-order valence-corrected chi connectivity index (χ2v) is 9.77. The van der Waals surface area contributed by atoms with E-state index in [0.29, 0.717) is 12.1 Å². The third-order valence-corrected chi connectivity index (χ3v) is 7.47. The van der Waals surface area contributed by atoms with Crippen molar-refractivity contribution in [2.24, 2.45) is 11.7 Å². The van der Waals surface area contributed by atoms with Crippen molar-refractivity contribution in [3.63, 3.8) is 0 Å². The number of carbonyl (C=O) groups excluding carboxylic acids is 2. The van der Waals surface area contributed by atoms with Crippen molar-refractivity contribution in [2.45, 2.75) is 38.6 Å². The molecule has 5 rings (SSSR count). The molecule has 1 aliphatic heterocycles. The Bertz CT molecular complexity index is 1350. The first-order chi connectivity index (χ1) is 16.9. The molecule has 2 atom stereocenters. The van der Waals surface area contributed by atoms with Gasteiger partial charge in [-0.25, -0.2) is 0 Å². The highest BCUT2D eigenvalue weighted by molar-refractivity contribution is 6.06. The molecule has 35 heavy (non-hydrogen) atoms. The Morgan fingerprint density at radius 3 is 2.23 bits per heavy atom. The number of para-hydroxylation sites is 1. The maximum absolute atomic E-state index is 13.8. The SMILES string of the molecule is CC1=CC(C(N)=O)C(C)(c2ccc(C(=O)N3Cc4ccccc4CCc4ccccc43)cc2)C=C1. The normalized spacial score (nSPS) is 21.3. The molecule has 1 aliphatic carbocycles. The number of carbonyl (C=O) groups is 2. The fourth-order valence-electron chi connectivity index (χ4n) is 5.33. The van der Waals surface area contributed by atoms with Crippen LogP contribution in [0.1, 0.15) is 46.5 Å². The summed E-state index contributed by atoms with van der Waals surface area (Å²) in [5.41, 5.74) is 12.4. The summed E-state index contributed by atoms with van der Waals surface area (Å²) < 4.78 is 0. The molecule has 3 aromatic carbocycles. The van der Waals surface area contributed by atoms with Gasteiger partial charge in [0.2, 0.25) is 5.91 Å². The van der Waals surface area contributed by atoms with Crippen LogP contribution >= 0.6 is 0 Å². The number of allylic oxidation sites excluding steroid dienone is 3. The molecule has 0 spiro atoms. The van der Waals surface area contributed by atoms with Crippen molar-refractivity contribution in [1.82, 2.24) is 0 Å². The van der Waals surface area contributed by atoms with Crippen LogP contribution in [-0.2, 0) is 29.6 Å². The van der Waals surface area contributed by atoms with Gasteiger partial charge in [0.15, 0.2) is 0 Å². The van der Waals surface area contributed by atoms with E-state index in [2.05, 4.69) is 24.3 Å². The summed E-state index contributed by atoms with van der Waals surface area (Å²) in [6.07, 6.45) is 7.84. The summed E-state index contributed by atoms with van der Waals surface area (Å²) in [5, 5.41) is 0. The van der Waals surface area contributed by atoms with Crippen LogP contribution in [0.2, 0.25) is 0 Å². The van der Waals surface area contributed by atoms with Gasteiger partial charge in [0.1, 0.15) is 0 Å². The zero-order valence-corrected chi connectivity index (χ0v) is 20.2. The maximum Gasteiger partial charge on any atom is 0.258 e. The molecule has 2 aliphatic rings. The van der Waals surface area contributed by atoms with Crippen molar-refractivity contribution in [1.29, 1.82) is 0 Å². The summed E-state index contributed by atoms with van der Waals surface area (Å²) >= 11 is 0. The van der Waals surface area contributed by atoms with Crippen molar-refractivity contribution < 1.29 is 9.59 Å². The van der Waals surface area contributed by atoms with Gasteiger partial charge in [-0.2, -0.15) is 0 Å². The summed E-state index contributed by atoms with van der Waals surface area (Å²) in [6, 6.07) is 24.2. The lowest BCUT2D eigenvalue weighted by atomic mass is 9.68. The van der Waals surface area contributed by atoms with Gasteiger partial charge in [0, 0.05) is 16.7 Å². The third kappa shape index (κ3) is 4.21. The largest absolute Gasteiger partial charge is 0.369 e. The van der Waals surface area contributed by atoms with Gasteiger partial charge in [-0.15, -0.1) is 0 Å². The molecule has 4 heteroatoms. The minimum atomic E-state index is -0.557. The highest BCUT2D eigenvalue weighted by Gasteiger charge is 2.38. The molecule has 3 aromatic rings. The first-order valence-corrected chi connectivity index (χ1v) is 12.1. The van der Waals surface area contributed by atoms with Crippen molar-refractivity contribution in [2.75, 3.05) is 4.90 Å². The highest BCUT2D eigenvalue weighted by Crippen LogP contribution is 2.39. The van der Waals surface area contributed by atoms with Gasteiger partial charge < -0.3 is 10.6 Å². The number of nitrogens with two attached hydrogens (primary N) is 1. The van der Waals surface area contributed by atoms with E-state index in [1.807, 2.05) is 85.5 Å². The molecule has 0 saturated heterocycles. The fourth-order valence-corrected chi connectivity index (χ4v) is 5.33. The summed E-state index contributed by atoms with van der Waals surface area (Å²) in [6.45, 7) is 4.51. The number of nitrogens with zero attached hydrogens (tertiary/aromatic N) is 1. The van der Waals surface area contributed by atoms with Crippen LogP contribution in [0.15, 0.2) is 96.6 Å². The molecule has 176 valence electrons. The van der Waals surface area contributed by atoms with E-state index in [0.717, 1.165) is 29.7 Å². The molecule has 0 bridgehead atoms. The van der Waals surface area contributed by atoms with Crippen LogP contribution < -0.4 is 10.6 Å². The molecule has 0 aromatic heterocycles. The topological polar surface area (TPSA) is 63.4 Å². The van der Waals surface area contributed by atoms with Crippen molar-refractivity contribution in [3.05, 3.63) is 124 Å². The number of rotatable bonds is 3. The summed E-state index contributed by atoms with van der Waals surface area (Å²) in [5.74, 6) is -0.828. The quantitative estimate of drug-likeness (QED) is 0.558. The molecule has 2 unspecified atom stereocenters. The molecule has 0 fully saturated rings. The monoisotopic (exact) mass is 462 g/mol. The van der Waals surface area contributed by atoms with E-state index in [1.54, 1.807) is 0 Å². The lowest BCUT2D eigenvalue weighted by Crippen LogP contribution is -2.40. The molecule has 1 heterocycles. The molecular formula is C31H30N2O2. The van der Waals surface area contributed by atoms with Gasteiger partial charge in [-0.3, -0.25) is 9.59 Å². The van der Waals surface area contributed by atoms with Crippen LogP contribution in [-0.4, -0.2) is 11.8 Å². The highest BCUT2D eigenvalue weighted by atomic mass is 16.2. The summed E-state index contributed by atoms with van der Waals surface area (Å²) in [7, 11) is 0. The smallest absolute Gasteiger partial charge is 0.258 e. The zero-order valence-electron chi connectivity index (χ0n) is 20.2. The Morgan fingerprint density at radius 2 is 1.51 bits per heavy atom. The molecule has 0 saturated carbocycles. The predicted molar refractivity (Wildman–Crippen MR) is 140 cm³/mol. The lowest BCUT2D eigenvalue weighted by molar-refractivity contribution is -0.121. The van der Waals surface area contributed by atoms with Gasteiger partial charge >= 0.3 is 0 Å². The first-order valence-electron chi connectivity index (χ1n) is 12.1. The lowest BCUT2D eigenvalue weighted by Gasteiger charge is -2.35. The predicted octanol–water partition coefficient (Wildman–Crippen LogP) is 5.51. The van der Waals surface area contributed by atoms with Crippen LogP contribution in [0.25, 0.3) is 0 Å². The molecule has 0 radical (unpaired) electrons. The average molecular weight is 463 g/mol. The number of fused-ring (bicyclic) bond motifs is 2. The minimum Gasteiger partial charge on any atom is -0.369 e. The van der Waals surface area contributed by atoms with Crippen molar-refractivity contribution in [3.8, 4) is 0 Å². The number of hydrogen-bond donors (Lipinski definition) is 1. The van der Waals surface area contributed by atoms with E-state index in [4.69, 9.17) is 5.73 Å². The Kier molecular flexibility index (Phi) is 5.89. The van der Waals surface area contributed by atoms with Gasteiger partial charge in [0.25, 0.3) is 5.91 Å². The van der Waals surface area contributed by atoms with Crippen LogP contribution in [0.4, 0.5) is 5.69 Å². The third-order valence-electron chi connectivity index (χ3n) is 7.47. The standard InChI is InChI=1S/C31H30N2O2/c1-21-17-18-31(2,27(19-21)29(32)34)26-15-13-24(14-16-26)30(35)33-20-25-9-4-3-7-22(25)11-12-23-8-5-6-10-28(23)33/h3-10,13-19,27H,11-12,20H2,1-2H3,(H2,32,34). The van der Waals surface area contributed by atoms with Gasteiger partial charge in [-0.1, -0.05) is 85.3 Å². The van der Waals surface area contributed by atoms with Crippen LogP contribution in [0, 0.1) is 5.92 Å². The average Bonchev–Trinajstić information content (AvgIpc) is 2.86. The number of amides is 2. The second kappa shape index (κ2) is 9.03. The molecule has 2 N–H and O–H groups in total. The Morgan fingerprint density at radius 1 is 0.886 bits per heavy atom. The van der Waals surface area contributed by atoms with E-state index >= 15 is 0 Å². The Hall–Kier alpha value is -3.92. The van der Waals surface area contributed by atoms with E-state index < -0.39 is 11.3 Å². The van der Waals surface area contributed by atoms with E-state index in [-0.39, 0.29) is 11.8 Å². The number of benzene rings is 3. The minimum absolute atomic E-state index is 0.0350. The number of primary amides is 1. The van der Waals surface area contributed by atoms with Crippen LogP contribution in [0.3, 0.4) is 0 Å². The number of aryl methyl sites for hydroxylation is 2. The number of anilines is 1. The fraction of sp³-hybridized carbons (Fsp3) is 0.226. The van der Waals surface area contributed by atoms with E-state index in [9.17, 15) is 9.59 Å². The molecular weight excluding hydrogens is 432 g/mol. The summed E-state index contributed by atoms with van der Waals surface area (Å²) in [4.78, 5) is 28.0. The Labute approximate surface area is 206 Å². The second-order valence-electron chi connectivity index (χ2n) is 9.77. The van der Waals surface area contributed by atoms with Crippen LogP contribution in [0.5, 0.6) is 0 Å². The maximum atomic E-state index is 13.8. The van der Waals surface area contributed by atoms with Gasteiger partial charge in [-0.05, 0) is 60.2 Å². The first kappa shape index (κ1) is 22.9. The molecule has 4 nitrogen and oxygen atoms in total. The Balaban J connectivity index is 1.50. The van der Waals surface area contributed by atoms with Crippen molar-refractivity contribution >= 4 is 17.5 Å².